The molecule has 2 heterocycles. The van der Waals surface area contributed by atoms with Crippen molar-refractivity contribution in [2.24, 2.45) is 11.7 Å². The van der Waals surface area contributed by atoms with E-state index < -0.39 is 0 Å². The number of aromatic nitrogens is 1. The van der Waals surface area contributed by atoms with Gasteiger partial charge >= 0.3 is 0 Å². The van der Waals surface area contributed by atoms with Crippen molar-refractivity contribution in [3.63, 3.8) is 0 Å². The van der Waals surface area contributed by atoms with Gasteiger partial charge in [0, 0.05) is 31.9 Å². The molecule has 2 unspecified atom stereocenters. The summed E-state index contributed by atoms with van der Waals surface area (Å²) in [6, 6.07) is 4.58. The number of nitrogens with two attached hydrogens (primary N) is 1. The van der Waals surface area contributed by atoms with Crippen molar-refractivity contribution < 1.29 is 0 Å². The van der Waals surface area contributed by atoms with Gasteiger partial charge in [0.25, 0.3) is 0 Å². The van der Waals surface area contributed by atoms with E-state index in [1.807, 2.05) is 12.3 Å². The van der Waals surface area contributed by atoms with Crippen molar-refractivity contribution in [2.75, 3.05) is 13.1 Å². The number of piperidine rings is 1. The van der Waals surface area contributed by atoms with Gasteiger partial charge in [-0.15, -0.1) is 0 Å². The smallest absolute Gasteiger partial charge is 0.0575 e. The second-order valence-corrected chi connectivity index (χ2v) is 5.13. The third-order valence-electron chi connectivity index (χ3n) is 3.79. The highest BCUT2D eigenvalue weighted by atomic mass is 15.1. The summed E-state index contributed by atoms with van der Waals surface area (Å²) in [6.45, 7) is 7.61. The van der Waals surface area contributed by atoms with E-state index in [0.29, 0.717) is 12.0 Å². The SMILES string of the molecule is CCc1cccnc1CN1CCC(N)C(C)C1. The predicted molar refractivity (Wildman–Crippen MR) is 70.6 cm³/mol. The normalized spacial score (nSPS) is 26.1. The average molecular weight is 233 g/mol. The fourth-order valence-corrected chi connectivity index (χ4v) is 2.54. The zero-order valence-corrected chi connectivity index (χ0v) is 10.9. The molecule has 0 amide bonds. The molecule has 0 radical (unpaired) electrons. The molecule has 1 aromatic rings. The lowest BCUT2D eigenvalue weighted by molar-refractivity contribution is 0.156. The minimum absolute atomic E-state index is 0.376. The molecular formula is C14H23N3. The van der Waals surface area contributed by atoms with Crippen LogP contribution in [0.4, 0.5) is 0 Å². The summed E-state index contributed by atoms with van der Waals surface area (Å²) in [5, 5.41) is 0. The van der Waals surface area contributed by atoms with Gasteiger partial charge in [-0.3, -0.25) is 9.88 Å². The molecule has 1 saturated heterocycles. The first-order chi connectivity index (χ1) is 8.20. The van der Waals surface area contributed by atoms with Crippen LogP contribution in [0.5, 0.6) is 0 Å². The molecule has 0 saturated carbocycles. The van der Waals surface area contributed by atoms with E-state index in [0.717, 1.165) is 32.5 Å². The van der Waals surface area contributed by atoms with Crippen molar-refractivity contribution in [3.05, 3.63) is 29.6 Å². The number of aryl methyl sites for hydroxylation is 1. The van der Waals surface area contributed by atoms with Gasteiger partial charge in [0.2, 0.25) is 0 Å². The fraction of sp³-hybridized carbons (Fsp3) is 0.643. The maximum absolute atomic E-state index is 6.05. The molecule has 17 heavy (non-hydrogen) atoms. The quantitative estimate of drug-likeness (QED) is 0.866. The number of hydrogen-bond donors (Lipinski definition) is 1. The summed E-state index contributed by atoms with van der Waals surface area (Å²) >= 11 is 0. The molecule has 1 aromatic heterocycles. The van der Waals surface area contributed by atoms with Gasteiger partial charge in [-0.25, -0.2) is 0 Å². The molecule has 94 valence electrons. The van der Waals surface area contributed by atoms with E-state index in [9.17, 15) is 0 Å². The van der Waals surface area contributed by atoms with Gasteiger partial charge in [0.15, 0.2) is 0 Å². The van der Waals surface area contributed by atoms with Crippen molar-refractivity contribution in [1.82, 2.24) is 9.88 Å². The molecule has 2 N–H and O–H groups in total. The molecule has 3 heteroatoms. The van der Waals surface area contributed by atoms with Crippen LogP contribution in [-0.4, -0.2) is 29.0 Å². The second-order valence-electron chi connectivity index (χ2n) is 5.13. The van der Waals surface area contributed by atoms with Crippen LogP contribution in [0.2, 0.25) is 0 Å². The lowest BCUT2D eigenvalue weighted by Crippen LogP contribution is -2.45. The molecule has 0 spiro atoms. The lowest BCUT2D eigenvalue weighted by Gasteiger charge is -2.35. The molecule has 0 aromatic carbocycles. The first-order valence-corrected chi connectivity index (χ1v) is 6.61. The molecule has 1 aliphatic heterocycles. The Labute approximate surface area is 104 Å². The van der Waals surface area contributed by atoms with Crippen LogP contribution < -0.4 is 5.73 Å². The maximum Gasteiger partial charge on any atom is 0.0575 e. The van der Waals surface area contributed by atoms with Gasteiger partial charge in [-0.1, -0.05) is 19.9 Å². The van der Waals surface area contributed by atoms with Crippen LogP contribution in [0.15, 0.2) is 18.3 Å². The Morgan fingerprint density at radius 2 is 2.35 bits per heavy atom. The summed E-state index contributed by atoms with van der Waals surface area (Å²) in [5.41, 5.74) is 8.65. The summed E-state index contributed by atoms with van der Waals surface area (Å²) in [5.74, 6) is 0.595. The average Bonchev–Trinajstić information content (AvgIpc) is 2.34. The summed E-state index contributed by atoms with van der Waals surface area (Å²) in [7, 11) is 0. The van der Waals surface area contributed by atoms with Gasteiger partial charge in [-0.05, 0) is 30.4 Å². The Kier molecular flexibility index (Phi) is 4.13. The lowest BCUT2D eigenvalue weighted by atomic mass is 9.94. The van der Waals surface area contributed by atoms with Gasteiger partial charge < -0.3 is 5.73 Å². The minimum atomic E-state index is 0.376. The van der Waals surface area contributed by atoms with Gasteiger partial charge in [-0.2, -0.15) is 0 Å². The first-order valence-electron chi connectivity index (χ1n) is 6.61. The van der Waals surface area contributed by atoms with Crippen LogP contribution in [-0.2, 0) is 13.0 Å². The molecule has 0 aliphatic carbocycles. The summed E-state index contributed by atoms with van der Waals surface area (Å²) in [6.07, 6.45) is 4.06. The zero-order valence-electron chi connectivity index (χ0n) is 10.9. The molecule has 1 fully saturated rings. The number of pyridine rings is 1. The van der Waals surface area contributed by atoms with Crippen LogP contribution >= 0.6 is 0 Å². The van der Waals surface area contributed by atoms with E-state index in [1.54, 1.807) is 0 Å². The summed E-state index contributed by atoms with van der Waals surface area (Å²) < 4.78 is 0. The highest BCUT2D eigenvalue weighted by Gasteiger charge is 2.23. The highest BCUT2D eigenvalue weighted by Crippen LogP contribution is 2.18. The van der Waals surface area contributed by atoms with E-state index in [1.165, 1.54) is 11.3 Å². The number of nitrogens with zero attached hydrogens (tertiary/aromatic N) is 2. The van der Waals surface area contributed by atoms with Crippen LogP contribution in [0.1, 0.15) is 31.5 Å². The van der Waals surface area contributed by atoms with Crippen LogP contribution in [0.25, 0.3) is 0 Å². The Bertz CT molecular complexity index is 364. The molecule has 3 nitrogen and oxygen atoms in total. The second kappa shape index (κ2) is 5.61. The van der Waals surface area contributed by atoms with Gasteiger partial charge in [0.05, 0.1) is 5.69 Å². The Balaban J connectivity index is 2.01. The third kappa shape index (κ3) is 3.05. The van der Waals surface area contributed by atoms with Gasteiger partial charge in [0.1, 0.15) is 0 Å². The Hall–Kier alpha value is -0.930. The van der Waals surface area contributed by atoms with E-state index in [-0.39, 0.29) is 0 Å². The fourth-order valence-electron chi connectivity index (χ4n) is 2.54. The van der Waals surface area contributed by atoms with E-state index in [2.05, 4.69) is 29.8 Å². The van der Waals surface area contributed by atoms with Crippen molar-refractivity contribution in [2.45, 2.75) is 39.3 Å². The van der Waals surface area contributed by atoms with E-state index >= 15 is 0 Å². The highest BCUT2D eigenvalue weighted by molar-refractivity contribution is 5.19. The third-order valence-corrected chi connectivity index (χ3v) is 3.79. The first kappa shape index (κ1) is 12.5. The number of rotatable bonds is 3. The minimum Gasteiger partial charge on any atom is -0.327 e. The summed E-state index contributed by atoms with van der Waals surface area (Å²) in [4.78, 5) is 7.00. The van der Waals surface area contributed by atoms with Crippen LogP contribution in [0.3, 0.4) is 0 Å². The van der Waals surface area contributed by atoms with Crippen LogP contribution in [0, 0.1) is 5.92 Å². The predicted octanol–water partition coefficient (Wildman–Crippen LogP) is 1.81. The molecule has 2 rings (SSSR count). The maximum atomic E-state index is 6.05. The Morgan fingerprint density at radius 1 is 1.53 bits per heavy atom. The number of hydrogen-bond acceptors (Lipinski definition) is 3. The molecule has 0 bridgehead atoms. The molecule has 2 atom stereocenters. The topological polar surface area (TPSA) is 42.2 Å². The largest absolute Gasteiger partial charge is 0.327 e. The monoisotopic (exact) mass is 233 g/mol. The molecule has 1 aliphatic rings. The van der Waals surface area contributed by atoms with E-state index in [4.69, 9.17) is 5.73 Å². The standard InChI is InChI=1S/C14H23N3/c1-3-12-5-4-7-16-14(12)10-17-8-6-13(15)11(2)9-17/h4-5,7,11,13H,3,6,8-10,15H2,1-2H3. The number of likely N-dealkylation sites (tertiary alicyclic amines) is 1. The van der Waals surface area contributed by atoms with Crippen molar-refractivity contribution in [1.29, 1.82) is 0 Å². The van der Waals surface area contributed by atoms with Crippen molar-refractivity contribution in [3.8, 4) is 0 Å². The molecular weight excluding hydrogens is 210 g/mol. The van der Waals surface area contributed by atoms with Crippen molar-refractivity contribution >= 4 is 0 Å². The Morgan fingerprint density at radius 3 is 3.06 bits per heavy atom. The zero-order chi connectivity index (χ0) is 12.3.